The third-order valence-corrected chi connectivity index (χ3v) is 5.24. The molecule has 29 heavy (non-hydrogen) atoms. The zero-order valence-electron chi connectivity index (χ0n) is 15.6. The van der Waals surface area contributed by atoms with E-state index in [0.717, 1.165) is 17.5 Å². The fourth-order valence-corrected chi connectivity index (χ4v) is 3.75. The summed E-state index contributed by atoms with van der Waals surface area (Å²) in [6.07, 6.45) is -0.0141. The van der Waals surface area contributed by atoms with E-state index in [2.05, 4.69) is 12.1 Å². The van der Waals surface area contributed by atoms with Crippen LogP contribution < -0.4 is 9.47 Å². The summed E-state index contributed by atoms with van der Waals surface area (Å²) in [6, 6.07) is 20.9. The Morgan fingerprint density at radius 1 is 0.897 bits per heavy atom. The maximum Gasteiger partial charge on any atom is 0.351 e. The van der Waals surface area contributed by atoms with E-state index < -0.39 is 12.1 Å². The van der Waals surface area contributed by atoms with Gasteiger partial charge in [0.15, 0.2) is 23.9 Å². The second-order valence-electron chi connectivity index (χ2n) is 7.10. The first kappa shape index (κ1) is 17.5. The summed E-state index contributed by atoms with van der Waals surface area (Å²) in [6.45, 7) is -0.277. The summed E-state index contributed by atoms with van der Waals surface area (Å²) < 4.78 is 16.4. The van der Waals surface area contributed by atoms with Gasteiger partial charge in [-0.25, -0.2) is 4.79 Å². The Kier molecular flexibility index (Phi) is 4.28. The minimum atomic E-state index is -0.885. The molecule has 0 N–H and O–H groups in total. The van der Waals surface area contributed by atoms with Gasteiger partial charge >= 0.3 is 5.97 Å². The zero-order valence-corrected chi connectivity index (χ0v) is 15.6. The highest BCUT2D eigenvalue weighted by Gasteiger charge is 2.29. The van der Waals surface area contributed by atoms with Crippen molar-refractivity contribution in [2.45, 2.75) is 12.5 Å². The average molecular weight is 386 g/mol. The molecule has 0 radical (unpaired) electrons. The number of hydrogen-bond acceptors (Lipinski definition) is 5. The molecule has 0 fully saturated rings. The first-order valence-corrected chi connectivity index (χ1v) is 9.48. The summed E-state index contributed by atoms with van der Waals surface area (Å²) in [4.78, 5) is 24.9. The third-order valence-electron chi connectivity index (χ3n) is 5.24. The fourth-order valence-electron chi connectivity index (χ4n) is 3.75. The van der Waals surface area contributed by atoms with Gasteiger partial charge in [0.05, 0.1) is 0 Å². The molecule has 0 aromatic heterocycles. The van der Waals surface area contributed by atoms with Gasteiger partial charge in [0.1, 0.15) is 6.61 Å². The normalized spacial score (nSPS) is 15.9. The molecule has 0 bridgehead atoms. The lowest BCUT2D eigenvalue weighted by Gasteiger charge is -2.24. The number of carbonyl (C=O) groups excluding carboxylic acids is 2. The lowest BCUT2D eigenvalue weighted by Crippen LogP contribution is -2.38. The quantitative estimate of drug-likeness (QED) is 0.394. The van der Waals surface area contributed by atoms with Crippen LogP contribution >= 0.6 is 0 Å². The first-order chi connectivity index (χ1) is 14.2. The molecule has 1 aliphatic heterocycles. The number of rotatable bonds is 4. The van der Waals surface area contributed by atoms with Crippen molar-refractivity contribution in [2.75, 3.05) is 13.2 Å². The lowest BCUT2D eigenvalue weighted by molar-refractivity contribution is -0.153. The molecule has 1 heterocycles. The van der Waals surface area contributed by atoms with Crippen LogP contribution in [0, 0.1) is 0 Å². The molecule has 0 saturated heterocycles. The van der Waals surface area contributed by atoms with Crippen molar-refractivity contribution in [1.82, 2.24) is 0 Å². The molecule has 1 aliphatic carbocycles. The van der Waals surface area contributed by atoms with Gasteiger partial charge < -0.3 is 14.2 Å². The van der Waals surface area contributed by atoms with Crippen molar-refractivity contribution >= 4 is 11.8 Å². The number of para-hydroxylation sites is 2. The second kappa shape index (κ2) is 7.09. The summed E-state index contributed by atoms with van der Waals surface area (Å²) in [5.74, 6) is 0.220. The number of Topliss-reactive ketones (excluding diaryl/α,β-unsaturated/α-hetero) is 1. The monoisotopic (exact) mass is 386 g/mol. The van der Waals surface area contributed by atoms with Gasteiger partial charge in [-0.05, 0) is 46.9 Å². The van der Waals surface area contributed by atoms with E-state index >= 15 is 0 Å². The maximum absolute atomic E-state index is 12.6. The largest absolute Gasteiger partial charge is 0.485 e. The van der Waals surface area contributed by atoms with E-state index in [-0.39, 0.29) is 19.0 Å². The van der Waals surface area contributed by atoms with Gasteiger partial charge in [0.2, 0.25) is 6.10 Å². The Bertz CT molecular complexity index is 1120. The Morgan fingerprint density at radius 3 is 2.55 bits per heavy atom. The highest BCUT2D eigenvalue weighted by Crippen LogP contribution is 2.37. The van der Waals surface area contributed by atoms with Crippen molar-refractivity contribution in [3.8, 4) is 22.6 Å². The molecule has 0 saturated carbocycles. The van der Waals surface area contributed by atoms with Gasteiger partial charge in [-0.1, -0.05) is 48.5 Å². The third kappa shape index (κ3) is 3.25. The smallest absolute Gasteiger partial charge is 0.351 e. The van der Waals surface area contributed by atoms with Crippen molar-refractivity contribution < 1.29 is 23.8 Å². The highest BCUT2D eigenvalue weighted by molar-refractivity contribution is 5.99. The SMILES string of the molecule is O=C(COC(=O)[C@H]1COc2ccccc2O1)c1ccc2c(c1)-c1ccccc1C2. The molecular weight excluding hydrogens is 368 g/mol. The summed E-state index contributed by atoms with van der Waals surface area (Å²) in [7, 11) is 0. The molecule has 5 heteroatoms. The minimum absolute atomic E-state index is 0.0552. The van der Waals surface area contributed by atoms with E-state index in [1.165, 1.54) is 11.1 Å². The number of hydrogen-bond donors (Lipinski definition) is 0. The molecular formula is C24H18O5. The van der Waals surface area contributed by atoms with Crippen LogP contribution in [-0.4, -0.2) is 31.1 Å². The summed E-state index contributed by atoms with van der Waals surface area (Å²) in [5.41, 5.74) is 5.21. The molecule has 0 unspecified atom stereocenters. The Morgan fingerprint density at radius 2 is 1.66 bits per heavy atom. The number of ketones is 1. The van der Waals surface area contributed by atoms with Crippen molar-refractivity contribution in [1.29, 1.82) is 0 Å². The number of ether oxygens (including phenoxy) is 3. The van der Waals surface area contributed by atoms with Crippen molar-refractivity contribution in [3.05, 3.63) is 83.4 Å². The molecule has 3 aromatic carbocycles. The average Bonchev–Trinajstić information content (AvgIpc) is 3.14. The summed E-state index contributed by atoms with van der Waals surface area (Å²) >= 11 is 0. The second-order valence-corrected chi connectivity index (χ2v) is 7.10. The van der Waals surface area contributed by atoms with Gasteiger partial charge in [-0.15, -0.1) is 0 Å². The molecule has 144 valence electrons. The standard InChI is InChI=1S/C24H18O5/c25-20(13-28-24(26)23-14-27-21-7-3-4-8-22(21)29-23)17-10-9-16-11-15-5-1-2-6-18(15)19(16)12-17/h1-10,12,23H,11,13-14H2/t23-/m1/s1. The molecule has 0 amide bonds. The van der Waals surface area contributed by atoms with Gasteiger partial charge in [0.25, 0.3) is 0 Å². The van der Waals surface area contributed by atoms with Crippen molar-refractivity contribution in [3.63, 3.8) is 0 Å². The Hall–Kier alpha value is -3.60. The summed E-state index contributed by atoms with van der Waals surface area (Å²) in [5, 5.41) is 0. The van der Waals surface area contributed by atoms with E-state index in [4.69, 9.17) is 14.2 Å². The highest BCUT2D eigenvalue weighted by atomic mass is 16.6. The molecule has 2 aliphatic rings. The topological polar surface area (TPSA) is 61.8 Å². The number of esters is 1. The van der Waals surface area contributed by atoms with Crippen LogP contribution in [0.4, 0.5) is 0 Å². The molecule has 5 nitrogen and oxygen atoms in total. The number of benzene rings is 3. The van der Waals surface area contributed by atoms with E-state index in [0.29, 0.717) is 17.1 Å². The van der Waals surface area contributed by atoms with Gasteiger partial charge in [-0.2, -0.15) is 0 Å². The van der Waals surface area contributed by atoms with E-state index in [1.807, 2.05) is 30.3 Å². The molecule has 1 atom stereocenters. The van der Waals surface area contributed by atoms with Crippen LogP contribution in [0.25, 0.3) is 11.1 Å². The predicted octanol–water partition coefficient (Wildman–Crippen LogP) is 3.82. The Labute approximate surface area is 167 Å². The van der Waals surface area contributed by atoms with Gasteiger partial charge in [0, 0.05) is 5.56 Å². The van der Waals surface area contributed by atoms with Crippen LogP contribution in [0.15, 0.2) is 66.7 Å². The number of fused-ring (bicyclic) bond motifs is 4. The zero-order chi connectivity index (χ0) is 19.8. The van der Waals surface area contributed by atoms with E-state index in [9.17, 15) is 9.59 Å². The maximum atomic E-state index is 12.6. The molecule has 5 rings (SSSR count). The predicted molar refractivity (Wildman–Crippen MR) is 106 cm³/mol. The van der Waals surface area contributed by atoms with Crippen LogP contribution in [0.5, 0.6) is 11.5 Å². The molecule has 0 spiro atoms. The Balaban J connectivity index is 1.25. The van der Waals surface area contributed by atoms with Gasteiger partial charge in [-0.3, -0.25) is 4.79 Å². The number of carbonyl (C=O) groups is 2. The lowest BCUT2D eigenvalue weighted by atomic mass is 10.0. The van der Waals surface area contributed by atoms with Crippen LogP contribution in [0.2, 0.25) is 0 Å². The van der Waals surface area contributed by atoms with E-state index in [1.54, 1.807) is 24.3 Å². The molecule has 3 aromatic rings. The van der Waals surface area contributed by atoms with Crippen LogP contribution in [0.1, 0.15) is 21.5 Å². The fraction of sp³-hybridized carbons (Fsp3) is 0.167. The van der Waals surface area contributed by atoms with Crippen molar-refractivity contribution in [2.24, 2.45) is 0 Å². The minimum Gasteiger partial charge on any atom is -0.485 e. The first-order valence-electron chi connectivity index (χ1n) is 9.48. The van der Waals surface area contributed by atoms with Crippen LogP contribution in [0.3, 0.4) is 0 Å². The van der Waals surface area contributed by atoms with Crippen LogP contribution in [-0.2, 0) is 16.0 Å².